The van der Waals surface area contributed by atoms with Gasteiger partial charge in [-0.05, 0) is 28.8 Å². The van der Waals surface area contributed by atoms with Crippen molar-refractivity contribution in [2.24, 2.45) is 5.92 Å². The van der Waals surface area contributed by atoms with Gasteiger partial charge < -0.3 is 10.4 Å². The highest BCUT2D eigenvalue weighted by atomic mass is 32.1. The first-order valence-corrected chi connectivity index (χ1v) is 9.47. The van der Waals surface area contributed by atoms with Gasteiger partial charge in [0.1, 0.15) is 0 Å². The zero-order valence-corrected chi connectivity index (χ0v) is 14.4. The molecule has 2 atom stereocenters. The fourth-order valence-corrected chi connectivity index (χ4v) is 4.21. The lowest BCUT2D eigenvalue weighted by Crippen LogP contribution is -2.35. The van der Waals surface area contributed by atoms with Crippen molar-refractivity contribution in [2.75, 3.05) is 6.54 Å². The van der Waals surface area contributed by atoms with Gasteiger partial charge in [0, 0.05) is 28.8 Å². The predicted octanol–water partition coefficient (Wildman–Crippen LogP) is 4.48. The molecule has 0 fully saturated rings. The molecule has 0 aliphatic rings. The second-order valence-electron chi connectivity index (χ2n) is 5.40. The first-order chi connectivity index (χ1) is 10.2. The zero-order chi connectivity index (χ0) is 15.1. The van der Waals surface area contributed by atoms with Crippen molar-refractivity contribution in [3.05, 3.63) is 44.8 Å². The largest absolute Gasteiger partial charge is 0.392 e. The summed E-state index contributed by atoms with van der Waals surface area (Å²) in [5.41, 5.74) is 0. The van der Waals surface area contributed by atoms with Gasteiger partial charge in [-0.3, -0.25) is 0 Å². The van der Waals surface area contributed by atoms with Gasteiger partial charge in [0.2, 0.25) is 0 Å². The van der Waals surface area contributed by atoms with Crippen molar-refractivity contribution < 1.29 is 5.11 Å². The highest BCUT2D eigenvalue weighted by Crippen LogP contribution is 2.25. The van der Waals surface area contributed by atoms with Crippen LogP contribution in [0.4, 0.5) is 0 Å². The van der Waals surface area contributed by atoms with E-state index in [4.69, 9.17) is 0 Å². The Balaban J connectivity index is 1.96. The number of aliphatic hydroxyl groups excluding tert-OH is 1. The van der Waals surface area contributed by atoms with Gasteiger partial charge >= 0.3 is 0 Å². The maximum atomic E-state index is 10.3. The Labute approximate surface area is 135 Å². The summed E-state index contributed by atoms with van der Waals surface area (Å²) in [5.74, 6) is 0.392. The Bertz CT molecular complexity index is 477. The van der Waals surface area contributed by atoms with E-state index in [1.54, 1.807) is 22.7 Å². The van der Waals surface area contributed by atoms with E-state index in [2.05, 4.69) is 54.2 Å². The second-order valence-corrected chi connectivity index (χ2v) is 7.42. The van der Waals surface area contributed by atoms with Crippen molar-refractivity contribution in [3.8, 4) is 0 Å². The lowest BCUT2D eigenvalue weighted by molar-refractivity contribution is 0.0984. The average Bonchev–Trinajstić information content (AvgIpc) is 3.17. The lowest BCUT2D eigenvalue weighted by Gasteiger charge is -2.24. The van der Waals surface area contributed by atoms with Crippen molar-refractivity contribution in [1.82, 2.24) is 5.32 Å². The van der Waals surface area contributed by atoms with Crippen LogP contribution in [0.15, 0.2) is 35.0 Å². The minimum absolute atomic E-state index is 0.259. The van der Waals surface area contributed by atoms with Gasteiger partial charge in [-0.2, -0.15) is 0 Å². The predicted molar refractivity (Wildman–Crippen MR) is 93.2 cm³/mol. The van der Waals surface area contributed by atoms with E-state index in [1.807, 2.05) is 0 Å². The third kappa shape index (κ3) is 4.92. The maximum Gasteiger partial charge on any atom is 0.0692 e. The summed E-state index contributed by atoms with van der Waals surface area (Å²) < 4.78 is 0. The molecule has 0 aliphatic carbocycles. The summed E-state index contributed by atoms with van der Waals surface area (Å²) in [6, 6.07) is 8.86. The van der Waals surface area contributed by atoms with Crippen LogP contribution in [0.5, 0.6) is 0 Å². The number of nitrogens with one attached hydrogen (secondary N) is 1. The van der Waals surface area contributed by atoms with Crippen molar-refractivity contribution in [1.29, 1.82) is 0 Å². The Morgan fingerprint density at radius 1 is 1.10 bits per heavy atom. The van der Waals surface area contributed by atoms with E-state index in [-0.39, 0.29) is 6.10 Å². The highest BCUT2D eigenvalue weighted by molar-refractivity contribution is 7.10. The van der Waals surface area contributed by atoms with Gasteiger partial charge in [0.05, 0.1) is 6.10 Å². The summed E-state index contributed by atoms with van der Waals surface area (Å²) in [6.07, 6.45) is 2.81. The van der Waals surface area contributed by atoms with Crippen LogP contribution in [0.25, 0.3) is 0 Å². The molecule has 0 amide bonds. The molecule has 2 rings (SSSR count). The van der Waals surface area contributed by atoms with E-state index < -0.39 is 0 Å². The van der Waals surface area contributed by atoms with Crippen LogP contribution < -0.4 is 5.32 Å². The summed E-state index contributed by atoms with van der Waals surface area (Å²) in [5, 5.41) is 18.1. The molecule has 0 radical (unpaired) electrons. The first kappa shape index (κ1) is 16.7. The Hall–Kier alpha value is -0.680. The van der Waals surface area contributed by atoms with Crippen molar-refractivity contribution in [3.63, 3.8) is 0 Å². The monoisotopic (exact) mass is 323 g/mol. The Kier molecular flexibility index (Phi) is 6.90. The average molecular weight is 324 g/mol. The molecule has 0 aromatic carbocycles. The second kappa shape index (κ2) is 8.69. The summed E-state index contributed by atoms with van der Waals surface area (Å²) in [6.45, 7) is 4.97. The Morgan fingerprint density at radius 2 is 1.81 bits per heavy atom. The van der Waals surface area contributed by atoms with Crippen LogP contribution in [0.2, 0.25) is 0 Å². The van der Waals surface area contributed by atoms with Crippen molar-refractivity contribution in [2.45, 2.75) is 45.3 Å². The quantitative estimate of drug-likeness (QED) is 0.713. The third-order valence-corrected chi connectivity index (χ3v) is 5.92. The number of aliphatic hydroxyl groups is 1. The van der Waals surface area contributed by atoms with Crippen LogP contribution in [0, 0.1) is 5.92 Å². The molecule has 0 saturated carbocycles. The van der Waals surface area contributed by atoms with Crippen molar-refractivity contribution >= 4 is 22.7 Å². The van der Waals surface area contributed by atoms with Crippen LogP contribution in [-0.4, -0.2) is 17.8 Å². The molecular weight excluding hydrogens is 298 g/mol. The summed E-state index contributed by atoms with van der Waals surface area (Å²) in [7, 11) is 0. The van der Waals surface area contributed by atoms with Gasteiger partial charge in [-0.1, -0.05) is 38.8 Å². The molecule has 2 aromatic rings. The van der Waals surface area contributed by atoms with E-state index in [9.17, 15) is 5.11 Å². The topological polar surface area (TPSA) is 32.3 Å². The molecule has 0 aliphatic heterocycles. The van der Waals surface area contributed by atoms with Gasteiger partial charge in [0.25, 0.3) is 0 Å². The molecule has 2 nitrogen and oxygen atoms in total. The minimum atomic E-state index is -0.259. The van der Waals surface area contributed by atoms with E-state index >= 15 is 0 Å². The van der Waals surface area contributed by atoms with E-state index in [0.29, 0.717) is 18.5 Å². The van der Waals surface area contributed by atoms with Gasteiger partial charge in [0.15, 0.2) is 0 Å². The SMILES string of the molecule is CCC(CC)C(O)CNC(Cc1cccs1)c1cccs1. The van der Waals surface area contributed by atoms with E-state index in [1.165, 1.54) is 9.75 Å². The van der Waals surface area contributed by atoms with Crippen LogP contribution in [0.3, 0.4) is 0 Å². The number of hydrogen-bond acceptors (Lipinski definition) is 4. The number of thiophene rings is 2. The standard InChI is InChI=1S/C17H25NOS2/c1-3-13(4-2)16(19)12-18-15(17-8-6-10-21-17)11-14-7-5-9-20-14/h5-10,13,15-16,18-19H,3-4,11-12H2,1-2H3. The lowest BCUT2D eigenvalue weighted by atomic mass is 9.96. The van der Waals surface area contributed by atoms with Crippen LogP contribution >= 0.6 is 22.7 Å². The van der Waals surface area contributed by atoms with Crippen LogP contribution in [0.1, 0.15) is 42.5 Å². The fraction of sp³-hybridized carbons (Fsp3) is 0.529. The molecule has 116 valence electrons. The maximum absolute atomic E-state index is 10.3. The third-order valence-electron chi connectivity index (χ3n) is 4.04. The number of rotatable bonds is 9. The minimum Gasteiger partial charge on any atom is -0.392 e. The molecule has 2 unspecified atom stereocenters. The molecule has 2 N–H and O–H groups in total. The molecule has 0 saturated heterocycles. The Morgan fingerprint density at radius 3 is 2.38 bits per heavy atom. The number of hydrogen-bond donors (Lipinski definition) is 2. The van der Waals surface area contributed by atoms with E-state index in [0.717, 1.165) is 19.3 Å². The van der Waals surface area contributed by atoms with Gasteiger partial charge in [-0.25, -0.2) is 0 Å². The molecule has 2 heterocycles. The molecule has 2 aromatic heterocycles. The summed E-state index contributed by atoms with van der Waals surface area (Å²) >= 11 is 3.59. The molecule has 21 heavy (non-hydrogen) atoms. The molecule has 0 spiro atoms. The summed E-state index contributed by atoms with van der Waals surface area (Å²) in [4.78, 5) is 2.73. The highest BCUT2D eigenvalue weighted by Gasteiger charge is 2.19. The zero-order valence-electron chi connectivity index (χ0n) is 12.8. The smallest absolute Gasteiger partial charge is 0.0692 e. The molecule has 0 bridgehead atoms. The molecule has 4 heteroatoms. The normalized spacial score (nSPS) is 14.5. The van der Waals surface area contributed by atoms with Gasteiger partial charge in [-0.15, -0.1) is 22.7 Å². The first-order valence-electron chi connectivity index (χ1n) is 7.71. The fourth-order valence-electron chi connectivity index (χ4n) is 2.66. The molecular formula is C17H25NOS2. The van der Waals surface area contributed by atoms with Crippen LogP contribution in [-0.2, 0) is 6.42 Å².